The maximum atomic E-state index is 12.3. The number of anilines is 1. The minimum atomic E-state index is -0.00978. The van der Waals surface area contributed by atoms with E-state index in [4.69, 9.17) is 5.73 Å². The second kappa shape index (κ2) is 8.33. The van der Waals surface area contributed by atoms with Crippen LogP contribution in [0.3, 0.4) is 0 Å². The summed E-state index contributed by atoms with van der Waals surface area (Å²) in [6.07, 6.45) is 2.02. The van der Waals surface area contributed by atoms with Gasteiger partial charge in [-0.25, -0.2) is 0 Å². The first-order valence-corrected chi connectivity index (χ1v) is 7.80. The quantitative estimate of drug-likeness (QED) is 0.583. The van der Waals surface area contributed by atoms with Gasteiger partial charge in [0.15, 0.2) is 0 Å². The molecule has 0 radical (unpaired) electrons. The second-order valence-corrected chi connectivity index (χ2v) is 5.67. The molecule has 1 aliphatic heterocycles. The van der Waals surface area contributed by atoms with Gasteiger partial charge in [-0.1, -0.05) is 18.2 Å². The molecule has 1 aliphatic rings. The highest BCUT2D eigenvalue weighted by Crippen LogP contribution is 2.10. The Labute approximate surface area is 136 Å². The van der Waals surface area contributed by atoms with Crippen LogP contribution in [0.2, 0.25) is 0 Å². The number of rotatable bonds is 6. The molecule has 6 nitrogen and oxygen atoms in total. The highest BCUT2D eigenvalue weighted by molar-refractivity contribution is 5.79. The molecule has 0 saturated carbocycles. The minimum Gasteiger partial charge on any atom is -0.399 e. The molecule has 1 heterocycles. The van der Waals surface area contributed by atoms with Crippen LogP contribution in [0.5, 0.6) is 0 Å². The van der Waals surface area contributed by atoms with Crippen molar-refractivity contribution in [2.45, 2.75) is 6.42 Å². The molecule has 2 amide bonds. The Morgan fingerprint density at radius 3 is 2.65 bits per heavy atom. The molecule has 1 saturated heterocycles. The average molecular weight is 316 g/mol. The van der Waals surface area contributed by atoms with Crippen LogP contribution < -0.4 is 11.1 Å². The van der Waals surface area contributed by atoms with E-state index in [0.717, 1.165) is 5.56 Å². The Morgan fingerprint density at radius 1 is 1.26 bits per heavy atom. The van der Waals surface area contributed by atoms with Crippen molar-refractivity contribution in [2.75, 3.05) is 45.0 Å². The highest BCUT2D eigenvalue weighted by atomic mass is 16.2. The van der Waals surface area contributed by atoms with Gasteiger partial charge in [-0.15, -0.1) is 6.58 Å². The van der Waals surface area contributed by atoms with Gasteiger partial charge in [0.2, 0.25) is 11.8 Å². The molecule has 0 aliphatic carbocycles. The molecule has 1 aromatic carbocycles. The highest BCUT2D eigenvalue weighted by Gasteiger charge is 2.22. The second-order valence-electron chi connectivity index (χ2n) is 5.67. The summed E-state index contributed by atoms with van der Waals surface area (Å²) in [6, 6.07) is 7.41. The third kappa shape index (κ3) is 5.41. The van der Waals surface area contributed by atoms with Crippen LogP contribution in [0.15, 0.2) is 36.9 Å². The summed E-state index contributed by atoms with van der Waals surface area (Å²) in [7, 11) is 0. The number of hydrogen-bond donors (Lipinski definition) is 2. The fourth-order valence-electron chi connectivity index (χ4n) is 2.59. The van der Waals surface area contributed by atoms with Gasteiger partial charge in [-0.3, -0.25) is 14.5 Å². The lowest BCUT2D eigenvalue weighted by Gasteiger charge is -2.34. The maximum absolute atomic E-state index is 12.3. The Bertz CT molecular complexity index is 565. The monoisotopic (exact) mass is 316 g/mol. The van der Waals surface area contributed by atoms with Crippen LogP contribution in [0, 0.1) is 0 Å². The number of amides is 2. The number of nitrogens with two attached hydrogens (primary N) is 1. The molecule has 0 atom stereocenters. The van der Waals surface area contributed by atoms with Gasteiger partial charge in [-0.05, 0) is 17.7 Å². The van der Waals surface area contributed by atoms with Crippen LogP contribution in [0.1, 0.15) is 5.56 Å². The zero-order valence-electron chi connectivity index (χ0n) is 13.3. The zero-order valence-corrected chi connectivity index (χ0v) is 13.3. The summed E-state index contributed by atoms with van der Waals surface area (Å²) >= 11 is 0. The molecular weight excluding hydrogens is 292 g/mol. The summed E-state index contributed by atoms with van der Waals surface area (Å²) < 4.78 is 0. The SMILES string of the molecule is C=CCNC(=O)CN1CCN(C(=O)Cc2cccc(N)c2)CC1. The van der Waals surface area contributed by atoms with Crippen molar-refractivity contribution in [1.29, 1.82) is 0 Å². The fourth-order valence-corrected chi connectivity index (χ4v) is 2.59. The molecule has 0 spiro atoms. The number of nitrogens with zero attached hydrogens (tertiary/aromatic N) is 2. The van der Waals surface area contributed by atoms with E-state index in [2.05, 4.69) is 16.8 Å². The smallest absolute Gasteiger partial charge is 0.234 e. The zero-order chi connectivity index (χ0) is 16.7. The Balaban J connectivity index is 1.76. The summed E-state index contributed by atoms with van der Waals surface area (Å²) in [4.78, 5) is 27.9. The third-order valence-corrected chi connectivity index (χ3v) is 3.84. The van der Waals surface area contributed by atoms with Crippen molar-refractivity contribution in [1.82, 2.24) is 15.1 Å². The van der Waals surface area contributed by atoms with Crippen molar-refractivity contribution in [2.24, 2.45) is 0 Å². The Hall–Kier alpha value is -2.34. The van der Waals surface area contributed by atoms with Crippen molar-refractivity contribution in [3.05, 3.63) is 42.5 Å². The van der Waals surface area contributed by atoms with Gasteiger partial charge in [0.1, 0.15) is 0 Å². The van der Waals surface area contributed by atoms with Gasteiger partial charge in [0, 0.05) is 38.4 Å². The first-order valence-electron chi connectivity index (χ1n) is 7.80. The first-order chi connectivity index (χ1) is 11.1. The van der Waals surface area contributed by atoms with E-state index in [0.29, 0.717) is 51.4 Å². The molecule has 2 rings (SSSR count). The van der Waals surface area contributed by atoms with Gasteiger partial charge < -0.3 is 16.0 Å². The number of benzene rings is 1. The minimum absolute atomic E-state index is 0.00978. The number of nitrogen functional groups attached to an aromatic ring is 1. The van der Waals surface area contributed by atoms with Crippen LogP contribution in [-0.4, -0.2) is 60.9 Å². The lowest BCUT2D eigenvalue weighted by molar-refractivity contribution is -0.132. The molecule has 0 aromatic heterocycles. The summed E-state index contributed by atoms with van der Waals surface area (Å²) in [5.41, 5.74) is 7.34. The van der Waals surface area contributed by atoms with E-state index >= 15 is 0 Å². The predicted octanol–water partition coefficient (Wildman–Crippen LogP) is 0.258. The lowest BCUT2D eigenvalue weighted by atomic mass is 10.1. The van der Waals surface area contributed by atoms with E-state index in [1.807, 2.05) is 29.2 Å². The number of piperazine rings is 1. The van der Waals surface area contributed by atoms with E-state index in [9.17, 15) is 9.59 Å². The molecule has 3 N–H and O–H groups in total. The lowest BCUT2D eigenvalue weighted by Crippen LogP contribution is -2.51. The van der Waals surface area contributed by atoms with Gasteiger partial charge in [0.25, 0.3) is 0 Å². The van der Waals surface area contributed by atoms with Crippen molar-refractivity contribution >= 4 is 17.5 Å². The third-order valence-electron chi connectivity index (χ3n) is 3.84. The van der Waals surface area contributed by atoms with Crippen LogP contribution in [-0.2, 0) is 16.0 Å². The molecule has 6 heteroatoms. The van der Waals surface area contributed by atoms with Crippen molar-refractivity contribution in [3.8, 4) is 0 Å². The maximum Gasteiger partial charge on any atom is 0.234 e. The predicted molar refractivity (Wildman–Crippen MR) is 90.8 cm³/mol. The van der Waals surface area contributed by atoms with Crippen LogP contribution >= 0.6 is 0 Å². The normalized spacial score (nSPS) is 15.2. The Morgan fingerprint density at radius 2 is 2.00 bits per heavy atom. The van der Waals surface area contributed by atoms with Crippen molar-refractivity contribution < 1.29 is 9.59 Å². The number of carbonyl (C=O) groups excluding carboxylic acids is 2. The summed E-state index contributed by atoms with van der Waals surface area (Å²) in [5, 5.41) is 2.76. The number of hydrogen-bond acceptors (Lipinski definition) is 4. The van der Waals surface area contributed by atoms with E-state index < -0.39 is 0 Å². The van der Waals surface area contributed by atoms with Crippen LogP contribution in [0.4, 0.5) is 5.69 Å². The molecule has 0 unspecified atom stereocenters. The first kappa shape index (κ1) is 17.0. The molecule has 124 valence electrons. The summed E-state index contributed by atoms with van der Waals surface area (Å²) in [5.74, 6) is 0.0933. The van der Waals surface area contributed by atoms with E-state index in [-0.39, 0.29) is 11.8 Å². The summed E-state index contributed by atoms with van der Waals surface area (Å²) in [6.45, 7) is 7.14. The Kier molecular flexibility index (Phi) is 6.17. The fraction of sp³-hybridized carbons (Fsp3) is 0.412. The number of nitrogens with one attached hydrogen (secondary N) is 1. The van der Waals surface area contributed by atoms with Crippen molar-refractivity contribution in [3.63, 3.8) is 0 Å². The molecule has 0 bridgehead atoms. The van der Waals surface area contributed by atoms with Gasteiger partial charge in [0.05, 0.1) is 13.0 Å². The van der Waals surface area contributed by atoms with E-state index in [1.165, 1.54) is 0 Å². The molecule has 23 heavy (non-hydrogen) atoms. The average Bonchev–Trinajstić information content (AvgIpc) is 2.53. The van der Waals surface area contributed by atoms with Crippen LogP contribution in [0.25, 0.3) is 0 Å². The number of carbonyl (C=O) groups is 2. The topological polar surface area (TPSA) is 78.7 Å². The van der Waals surface area contributed by atoms with Gasteiger partial charge >= 0.3 is 0 Å². The van der Waals surface area contributed by atoms with E-state index in [1.54, 1.807) is 6.08 Å². The molecule has 1 aromatic rings. The molecule has 1 fully saturated rings. The largest absolute Gasteiger partial charge is 0.399 e. The standard InChI is InChI=1S/C17H24N4O2/c1-2-6-19-16(22)13-20-7-9-21(10-8-20)17(23)12-14-4-3-5-15(18)11-14/h2-5,11H,1,6-10,12-13,18H2,(H,19,22). The van der Waals surface area contributed by atoms with Gasteiger partial charge in [-0.2, -0.15) is 0 Å². The molecular formula is C17H24N4O2.